The first-order chi connectivity index (χ1) is 10.0. The fourth-order valence-corrected chi connectivity index (χ4v) is 1.89. The minimum absolute atomic E-state index is 0.232. The Morgan fingerprint density at radius 3 is 2.71 bits per heavy atom. The number of carboxylic acid groups (broad SMARTS) is 1. The van der Waals surface area contributed by atoms with Crippen molar-refractivity contribution in [2.75, 3.05) is 7.11 Å². The maximum atomic E-state index is 11.6. The summed E-state index contributed by atoms with van der Waals surface area (Å²) in [6.07, 6.45) is 2.31. The molecule has 21 heavy (non-hydrogen) atoms. The first-order valence-corrected chi connectivity index (χ1v) is 6.28. The number of carboxylic acids is 1. The van der Waals surface area contributed by atoms with E-state index in [2.05, 4.69) is 4.74 Å². The van der Waals surface area contributed by atoms with Crippen LogP contribution in [0.4, 0.5) is 0 Å². The lowest BCUT2D eigenvalue weighted by atomic mass is 10.1. The average molecular weight is 307 g/mol. The minimum Gasteiger partial charge on any atom is -0.478 e. The monoisotopic (exact) mass is 306 g/mol. The Kier molecular flexibility index (Phi) is 4.45. The van der Waals surface area contributed by atoms with Crippen molar-refractivity contribution in [1.29, 1.82) is 0 Å². The van der Waals surface area contributed by atoms with Crippen LogP contribution in [-0.2, 0) is 9.53 Å². The third kappa shape index (κ3) is 3.52. The fraction of sp³-hybridized carbons (Fsp3) is 0.0667. The van der Waals surface area contributed by atoms with E-state index in [0.29, 0.717) is 17.1 Å². The van der Waals surface area contributed by atoms with Crippen molar-refractivity contribution >= 4 is 29.6 Å². The third-order valence-electron chi connectivity index (χ3n) is 2.67. The normalized spacial score (nSPS) is 10.8. The zero-order valence-electron chi connectivity index (χ0n) is 11.0. The second kappa shape index (κ2) is 6.28. The van der Waals surface area contributed by atoms with Crippen LogP contribution in [-0.4, -0.2) is 24.2 Å². The second-order valence-electron chi connectivity index (χ2n) is 4.06. The number of carbonyl (C=O) groups is 2. The molecule has 108 valence electrons. The van der Waals surface area contributed by atoms with Gasteiger partial charge >= 0.3 is 11.9 Å². The summed E-state index contributed by atoms with van der Waals surface area (Å²) >= 11 is 5.94. The van der Waals surface area contributed by atoms with E-state index in [1.54, 1.807) is 30.3 Å². The fourth-order valence-electron chi connectivity index (χ4n) is 1.70. The van der Waals surface area contributed by atoms with Gasteiger partial charge in [0.1, 0.15) is 11.5 Å². The number of furan rings is 1. The molecule has 0 bridgehead atoms. The maximum Gasteiger partial charge on any atom is 0.339 e. The Labute approximate surface area is 125 Å². The molecular formula is C15H11ClO5. The molecule has 0 spiro atoms. The second-order valence-corrected chi connectivity index (χ2v) is 4.47. The molecule has 2 aromatic rings. The van der Waals surface area contributed by atoms with Crippen LogP contribution in [0, 0.1) is 0 Å². The van der Waals surface area contributed by atoms with E-state index in [1.165, 1.54) is 13.2 Å². The van der Waals surface area contributed by atoms with Gasteiger partial charge in [-0.2, -0.15) is 0 Å². The molecule has 0 unspecified atom stereocenters. The summed E-state index contributed by atoms with van der Waals surface area (Å²) in [7, 11) is 1.27. The summed E-state index contributed by atoms with van der Waals surface area (Å²) in [6.45, 7) is 0. The van der Waals surface area contributed by atoms with Crippen molar-refractivity contribution in [2.24, 2.45) is 0 Å². The van der Waals surface area contributed by atoms with Crippen LogP contribution in [0.2, 0.25) is 5.02 Å². The molecule has 1 aromatic carbocycles. The Balaban J connectivity index is 2.34. The highest BCUT2D eigenvalue weighted by atomic mass is 35.5. The van der Waals surface area contributed by atoms with E-state index in [9.17, 15) is 9.59 Å². The first-order valence-electron chi connectivity index (χ1n) is 5.90. The summed E-state index contributed by atoms with van der Waals surface area (Å²) in [5, 5.41) is 8.84. The van der Waals surface area contributed by atoms with Gasteiger partial charge < -0.3 is 14.3 Å². The van der Waals surface area contributed by atoms with E-state index in [1.807, 2.05) is 0 Å². The molecule has 2 rings (SSSR count). The van der Waals surface area contributed by atoms with E-state index in [4.69, 9.17) is 21.1 Å². The highest BCUT2D eigenvalue weighted by Crippen LogP contribution is 2.27. The Morgan fingerprint density at radius 1 is 1.29 bits per heavy atom. The highest BCUT2D eigenvalue weighted by Gasteiger charge is 2.13. The van der Waals surface area contributed by atoms with Gasteiger partial charge in [0.15, 0.2) is 0 Å². The van der Waals surface area contributed by atoms with E-state index in [0.717, 1.165) is 6.08 Å². The molecule has 5 nitrogen and oxygen atoms in total. The standard InChI is InChI=1S/C15H11ClO5/c1-20-15(19)11-8-9(2-5-12(11)16)13-6-3-10(21-13)4-7-14(17)18/h2-8H,1H3,(H,17,18)/b7-4+. The van der Waals surface area contributed by atoms with Gasteiger partial charge in [0.05, 0.1) is 17.7 Å². The van der Waals surface area contributed by atoms with Gasteiger partial charge in [-0.05, 0) is 36.4 Å². The van der Waals surface area contributed by atoms with Crippen LogP contribution in [0.1, 0.15) is 16.1 Å². The summed E-state index contributed by atoms with van der Waals surface area (Å²) in [5.74, 6) is -0.726. The van der Waals surface area contributed by atoms with Crippen molar-refractivity contribution in [3.05, 3.63) is 52.8 Å². The highest BCUT2D eigenvalue weighted by molar-refractivity contribution is 6.33. The van der Waals surface area contributed by atoms with Gasteiger partial charge in [-0.1, -0.05) is 11.6 Å². The van der Waals surface area contributed by atoms with E-state index >= 15 is 0 Å². The van der Waals surface area contributed by atoms with E-state index < -0.39 is 11.9 Å². The number of esters is 1. The summed E-state index contributed by atoms with van der Waals surface area (Å²) in [5.41, 5.74) is 0.866. The van der Waals surface area contributed by atoms with Gasteiger partial charge in [-0.3, -0.25) is 0 Å². The molecule has 0 aliphatic heterocycles. The molecule has 0 saturated carbocycles. The van der Waals surface area contributed by atoms with Gasteiger partial charge in [-0.15, -0.1) is 0 Å². The Morgan fingerprint density at radius 2 is 2.05 bits per heavy atom. The van der Waals surface area contributed by atoms with E-state index in [-0.39, 0.29) is 10.6 Å². The average Bonchev–Trinajstić information content (AvgIpc) is 2.93. The lowest BCUT2D eigenvalue weighted by Crippen LogP contribution is -2.02. The topological polar surface area (TPSA) is 76.7 Å². The quantitative estimate of drug-likeness (QED) is 0.691. The number of hydrogen-bond donors (Lipinski definition) is 1. The van der Waals surface area contributed by atoms with Crippen LogP contribution >= 0.6 is 11.6 Å². The molecule has 0 radical (unpaired) electrons. The Bertz CT molecular complexity index is 715. The lowest BCUT2D eigenvalue weighted by Gasteiger charge is -2.04. The zero-order chi connectivity index (χ0) is 15.4. The number of benzene rings is 1. The number of aliphatic carboxylic acids is 1. The van der Waals surface area contributed by atoms with Gasteiger partial charge in [0, 0.05) is 11.6 Å². The zero-order valence-corrected chi connectivity index (χ0v) is 11.8. The molecule has 0 fully saturated rings. The van der Waals surface area contributed by atoms with Crippen molar-refractivity contribution in [2.45, 2.75) is 0 Å². The number of rotatable bonds is 4. The lowest BCUT2D eigenvalue weighted by molar-refractivity contribution is -0.131. The van der Waals surface area contributed by atoms with Crippen molar-refractivity contribution in [3.8, 4) is 11.3 Å². The molecule has 0 amide bonds. The van der Waals surface area contributed by atoms with Crippen LogP contribution in [0.15, 0.2) is 40.8 Å². The molecular weight excluding hydrogens is 296 g/mol. The summed E-state index contributed by atoms with van der Waals surface area (Å²) in [6, 6.07) is 8.11. The van der Waals surface area contributed by atoms with Crippen LogP contribution in [0.5, 0.6) is 0 Å². The first kappa shape index (κ1) is 14.9. The van der Waals surface area contributed by atoms with Gasteiger partial charge in [-0.25, -0.2) is 9.59 Å². The molecule has 0 atom stereocenters. The number of halogens is 1. The third-order valence-corrected chi connectivity index (χ3v) is 3.00. The molecule has 1 aromatic heterocycles. The van der Waals surface area contributed by atoms with Crippen molar-refractivity contribution < 1.29 is 23.8 Å². The van der Waals surface area contributed by atoms with Crippen molar-refractivity contribution in [3.63, 3.8) is 0 Å². The molecule has 6 heteroatoms. The predicted molar refractivity (Wildman–Crippen MR) is 77.2 cm³/mol. The largest absolute Gasteiger partial charge is 0.478 e. The maximum absolute atomic E-state index is 11.6. The van der Waals surface area contributed by atoms with Gasteiger partial charge in [0.2, 0.25) is 0 Å². The van der Waals surface area contributed by atoms with Crippen molar-refractivity contribution in [1.82, 2.24) is 0 Å². The summed E-state index contributed by atoms with van der Waals surface area (Å²) < 4.78 is 10.1. The number of hydrogen-bond acceptors (Lipinski definition) is 4. The number of ether oxygens (including phenoxy) is 1. The number of carbonyl (C=O) groups excluding carboxylic acids is 1. The molecule has 0 aliphatic rings. The van der Waals surface area contributed by atoms with Crippen LogP contribution in [0.3, 0.4) is 0 Å². The molecule has 0 saturated heterocycles. The Hall–Kier alpha value is -2.53. The molecule has 0 aliphatic carbocycles. The van der Waals surface area contributed by atoms with Gasteiger partial charge in [0.25, 0.3) is 0 Å². The van der Waals surface area contributed by atoms with Crippen LogP contribution in [0.25, 0.3) is 17.4 Å². The predicted octanol–water partition coefficient (Wildman–Crippen LogP) is 3.48. The number of methoxy groups -OCH3 is 1. The SMILES string of the molecule is COC(=O)c1cc(-c2ccc(/C=C/C(=O)O)o2)ccc1Cl. The minimum atomic E-state index is -1.06. The van der Waals surface area contributed by atoms with Crippen LogP contribution < -0.4 is 0 Å². The smallest absolute Gasteiger partial charge is 0.339 e. The summed E-state index contributed by atoms with van der Waals surface area (Å²) in [4.78, 5) is 22.0. The molecule has 1 N–H and O–H groups in total. The molecule has 1 heterocycles.